The van der Waals surface area contributed by atoms with Gasteiger partial charge in [-0.3, -0.25) is 19.8 Å². The summed E-state index contributed by atoms with van der Waals surface area (Å²) >= 11 is 0. The van der Waals surface area contributed by atoms with Crippen molar-refractivity contribution in [2.75, 3.05) is 6.54 Å². The fraction of sp³-hybridized carbons (Fsp3) is 0.350. The van der Waals surface area contributed by atoms with E-state index in [9.17, 15) is 9.59 Å². The molecule has 1 aliphatic heterocycles. The summed E-state index contributed by atoms with van der Waals surface area (Å²) in [6.07, 6.45) is 4.88. The van der Waals surface area contributed by atoms with E-state index in [0.29, 0.717) is 18.5 Å². The van der Waals surface area contributed by atoms with Gasteiger partial charge in [0.25, 0.3) is 5.91 Å². The molecule has 1 fully saturated rings. The van der Waals surface area contributed by atoms with E-state index in [2.05, 4.69) is 4.98 Å². The molecule has 6 nitrogen and oxygen atoms in total. The number of fused-ring (bicyclic) bond motifs is 1. The number of aromatic nitrogens is 1. The summed E-state index contributed by atoms with van der Waals surface area (Å²) in [4.78, 5) is 31.0. The third-order valence-electron chi connectivity index (χ3n) is 5.65. The molecule has 2 heterocycles. The minimum Gasteiger partial charge on any atom is -0.336 e. The van der Waals surface area contributed by atoms with Crippen molar-refractivity contribution in [2.24, 2.45) is 5.41 Å². The van der Waals surface area contributed by atoms with E-state index >= 15 is 0 Å². The molecule has 0 saturated carbocycles. The molecule has 2 aliphatic rings. The molecule has 1 saturated heterocycles. The zero-order chi connectivity index (χ0) is 18.1. The molecule has 134 valence electrons. The Morgan fingerprint density at radius 3 is 2.88 bits per heavy atom. The van der Waals surface area contributed by atoms with Crippen LogP contribution in [0.4, 0.5) is 0 Å². The zero-order valence-electron chi connectivity index (χ0n) is 14.4. The van der Waals surface area contributed by atoms with Crippen LogP contribution in [0.25, 0.3) is 0 Å². The Bertz CT molecular complexity index is 853. The first-order chi connectivity index (χ1) is 12.6. The molecule has 0 radical (unpaired) electrons. The number of benzene rings is 1. The van der Waals surface area contributed by atoms with Gasteiger partial charge in [0.15, 0.2) is 0 Å². The van der Waals surface area contributed by atoms with Gasteiger partial charge in [-0.05, 0) is 61.1 Å². The zero-order valence-corrected chi connectivity index (χ0v) is 14.4. The lowest BCUT2D eigenvalue weighted by molar-refractivity contribution is -0.137. The molecule has 1 atom stereocenters. The Kier molecular flexibility index (Phi) is 4.20. The molecule has 0 unspecified atom stereocenters. The van der Waals surface area contributed by atoms with E-state index < -0.39 is 5.91 Å². The number of aryl methyl sites for hydroxylation is 1. The topological polar surface area (TPSA) is 82.5 Å². The van der Waals surface area contributed by atoms with Crippen LogP contribution < -0.4 is 5.48 Å². The highest BCUT2D eigenvalue weighted by Crippen LogP contribution is 2.44. The number of carbonyl (C=O) groups excluding carboxylic acids is 2. The standard InChI is InChI=1S/C20H21N3O3/c24-18(22-26)15-4-5-16-12-20(7-6-14(16)11-15)8-10-23(19(20)25)13-17-3-1-2-9-21-17/h1-5,9,11,26H,6-8,10,12-13H2,(H,22,24)/t20-/m1/s1. The largest absolute Gasteiger partial charge is 0.336 e. The van der Waals surface area contributed by atoms with Gasteiger partial charge in [-0.1, -0.05) is 12.1 Å². The lowest BCUT2D eigenvalue weighted by Gasteiger charge is -2.33. The second kappa shape index (κ2) is 6.53. The molecule has 4 rings (SSSR count). The van der Waals surface area contributed by atoms with Crippen molar-refractivity contribution in [3.63, 3.8) is 0 Å². The molecule has 2 N–H and O–H groups in total. The quantitative estimate of drug-likeness (QED) is 0.655. The van der Waals surface area contributed by atoms with Gasteiger partial charge in [-0.25, -0.2) is 5.48 Å². The third kappa shape index (κ3) is 2.86. The normalized spacial score (nSPS) is 21.7. The van der Waals surface area contributed by atoms with Gasteiger partial charge >= 0.3 is 0 Å². The molecule has 6 heteroatoms. The number of hydroxylamine groups is 1. The second-order valence-electron chi connectivity index (χ2n) is 7.18. The van der Waals surface area contributed by atoms with Crippen LogP contribution in [0.2, 0.25) is 0 Å². The molecular weight excluding hydrogens is 330 g/mol. The first-order valence-electron chi connectivity index (χ1n) is 8.87. The van der Waals surface area contributed by atoms with Crippen LogP contribution in [0.3, 0.4) is 0 Å². The van der Waals surface area contributed by atoms with Crippen LogP contribution in [0.1, 0.15) is 40.0 Å². The van der Waals surface area contributed by atoms with Gasteiger partial charge in [0.2, 0.25) is 5.91 Å². The molecule has 26 heavy (non-hydrogen) atoms. The van der Waals surface area contributed by atoms with Gasteiger partial charge in [0, 0.05) is 18.3 Å². The SMILES string of the molecule is O=C(NO)c1ccc2c(c1)CC[C@@]1(CCN(Cc3ccccn3)C1=O)C2. The van der Waals surface area contributed by atoms with Crippen LogP contribution in [-0.4, -0.2) is 33.5 Å². The molecule has 2 amide bonds. The average Bonchev–Trinajstić information content (AvgIpc) is 2.97. The maximum absolute atomic E-state index is 13.1. The number of hydrogen-bond donors (Lipinski definition) is 2. The number of nitrogens with zero attached hydrogens (tertiary/aromatic N) is 2. The number of rotatable bonds is 3. The fourth-order valence-electron chi connectivity index (χ4n) is 4.19. The highest BCUT2D eigenvalue weighted by atomic mass is 16.5. The van der Waals surface area contributed by atoms with Gasteiger partial charge in [-0.2, -0.15) is 0 Å². The molecule has 1 aliphatic carbocycles. The summed E-state index contributed by atoms with van der Waals surface area (Å²) in [5.41, 5.74) is 4.90. The Morgan fingerprint density at radius 2 is 2.12 bits per heavy atom. The Hall–Kier alpha value is -2.73. The van der Waals surface area contributed by atoms with Gasteiger partial charge < -0.3 is 4.90 Å². The highest BCUT2D eigenvalue weighted by Gasteiger charge is 2.48. The van der Waals surface area contributed by atoms with E-state index in [1.807, 2.05) is 35.2 Å². The first-order valence-corrected chi connectivity index (χ1v) is 8.87. The first kappa shape index (κ1) is 16.7. The van der Waals surface area contributed by atoms with Crippen LogP contribution in [0.15, 0.2) is 42.6 Å². The maximum Gasteiger partial charge on any atom is 0.274 e. The van der Waals surface area contributed by atoms with Crippen molar-refractivity contribution in [1.82, 2.24) is 15.4 Å². The van der Waals surface area contributed by atoms with E-state index in [1.165, 1.54) is 0 Å². The van der Waals surface area contributed by atoms with Crippen molar-refractivity contribution in [3.05, 3.63) is 65.0 Å². The Labute approximate surface area is 151 Å². The van der Waals surface area contributed by atoms with Crippen molar-refractivity contribution in [1.29, 1.82) is 0 Å². The molecule has 1 aromatic carbocycles. The number of hydrogen-bond acceptors (Lipinski definition) is 4. The summed E-state index contributed by atoms with van der Waals surface area (Å²) in [7, 11) is 0. The Morgan fingerprint density at radius 1 is 1.23 bits per heavy atom. The lowest BCUT2D eigenvalue weighted by Crippen LogP contribution is -2.38. The molecular formula is C20H21N3O3. The average molecular weight is 351 g/mol. The van der Waals surface area contributed by atoms with Crippen LogP contribution >= 0.6 is 0 Å². The van der Waals surface area contributed by atoms with Crippen LogP contribution in [0.5, 0.6) is 0 Å². The van der Waals surface area contributed by atoms with Gasteiger partial charge in [-0.15, -0.1) is 0 Å². The van der Waals surface area contributed by atoms with Crippen LogP contribution in [-0.2, 0) is 24.2 Å². The van der Waals surface area contributed by atoms with Gasteiger partial charge in [0.05, 0.1) is 17.7 Å². The highest BCUT2D eigenvalue weighted by molar-refractivity contribution is 5.93. The smallest absolute Gasteiger partial charge is 0.274 e. The van der Waals surface area contributed by atoms with Crippen molar-refractivity contribution in [2.45, 2.75) is 32.2 Å². The number of likely N-dealkylation sites (tertiary alicyclic amines) is 1. The van der Waals surface area contributed by atoms with E-state index in [1.54, 1.807) is 17.7 Å². The van der Waals surface area contributed by atoms with Crippen molar-refractivity contribution in [3.8, 4) is 0 Å². The summed E-state index contributed by atoms with van der Waals surface area (Å²) in [6, 6.07) is 11.2. The monoisotopic (exact) mass is 351 g/mol. The van der Waals surface area contributed by atoms with Gasteiger partial charge in [0.1, 0.15) is 0 Å². The number of pyridine rings is 1. The summed E-state index contributed by atoms with van der Waals surface area (Å²) in [6.45, 7) is 1.32. The van der Waals surface area contributed by atoms with Crippen molar-refractivity contribution >= 4 is 11.8 Å². The predicted octanol–water partition coefficient (Wildman–Crippen LogP) is 2.11. The predicted molar refractivity (Wildman–Crippen MR) is 94.4 cm³/mol. The molecule has 1 aromatic heterocycles. The Balaban J connectivity index is 1.52. The fourth-order valence-corrected chi connectivity index (χ4v) is 4.19. The second-order valence-corrected chi connectivity index (χ2v) is 7.18. The number of amides is 2. The lowest BCUT2D eigenvalue weighted by atomic mass is 9.70. The summed E-state index contributed by atoms with van der Waals surface area (Å²) in [5, 5.41) is 8.79. The third-order valence-corrected chi connectivity index (χ3v) is 5.65. The van der Waals surface area contributed by atoms with E-state index in [4.69, 9.17) is 5.21 Å². The number of nitrogens with one attached hydrogen (secondary N) is 1. The van der Waals surface area contributed by atoms with E-state index in [0.717, 1.165) is 42.6 Å². The molecule has 0 bridgehead atoms. The maximum atomic E-state index is 13.1. The van der Waals surface area contributed by atoms with E-state index in [-0.39, 0.29) is 11.3 Å². The number of carbonyl (C=O) groups is 2. The molecule has 2 aromatic rings. The minimum absolute atomic E-state index is 0.214. The van der Waals surface area contributed by atoms with Crippen LogP contribution in [0, 0.1) is 5.41 Å². The summed E-state index contributed by atoms with van der Waals surface area (Å²) < 4.78 is 0. The minimum atomic E-state index is -0.508. The van der Waals surface area contributed by atoms with Crippen molar-refractivity contribution < 1.29 is 14.8 Å². The summed E-state index contributed by atoms with van der Waals surface area (Å²) in [5.74, 6) is -0.294. The molecule has 1 spiro atoms.